The second-order valence-electron chi connectivity index (χ2n) is 7.63. The smallest absolute Gasteiger partial charge is 0.289 e. The number of thioether (sulfide) groups is 1. The van der Waals surface area contributed by atoms with E-state index in [-0.39, 0.29) is 22.3 Å². The highest BCUT2D eigenvalue weighted by Gasteiger charge is 2.25. The summed E-state index contributed by atoms with van der Waals surface area (Å²) >= 11 is 7.16. The van der Waals surface area contributed by atoms with Gasteiger partial charge in [-0.15, -0.1) is 0 Å². The van der Waals surface area contributed by atoms with Gasteiger partial charge in [0.05, 0.1) is 22.2 Å². The first-order valence-corrected chi connectivity index (χ1v) is 12.0. The number of aromatic nitrogens is 4. The Labute approximate surface area is 214 Å². The second kappa shape index (κ2) is 10.1. The Morgan fingerprint density at radius 3 is 2.47 bits per heavy atom. The minimum Gasteiger partial charge on any atom is -0.325 e. The van der Waals surface area contributed by atoms with Crippen molar-refractivity contribution >= 4 is 51.7 Å². The number of anilines is 1. The summed E-state index contributed by atoms with van der Waals surface area (Å²) in [4.78, 5) is 33.0. The van der Waals surface area contributed by atoms with Gasteiger partial charge in [0.2, 0.25) is 5.91 Å². The molecule has 1 N–H and O–H groups in total. The molecule has 5 rings (SSSR count). The fourth-order valence-corrected chi connectivity index (χ4v) is 4.87. The quantitative estimate of drug-likeness (QED) is 0.125. The normalized spacial score (nSPS) is 11.8. The van der Waals surface area contributed by atoms with E-state index in [4.69, 9.17) is 11.6 Å². The summed E-state index contributed by atoms with van der Waals surface area (Å²) in [5, 5.41) is 19.1. The summed E-state index contributed by atoms with van der Waals surface area (Å²) in [7, 11) is 0. The van der Waals surface area contributed by atoms with E-state index in [2.05, 4.69) is 20.4 Å². The molecule has 1 unspecified atom stereocenters. The highest BCUT2D eigenvalue weighted by atomic mass is 35.5. The fraction of sp³-hybridized carbons (Fsp3) is 0.0400. The van der Waals surface area contributed by atoms with Crippen LogP contribution in [0.1, 0.15) is 10.8 Å². The summed E-state index contributed by atoms with van der Waals surface area (Å²) in [6.07, 6.45) is 3.11. The number of nitro groups is 1. The third kappa shape index (κ3) is 4.77. The highest BCUT2D eigenvalue weighted by molar-refractivity contribution is 8.00. The third-order valence-electron chi connectivity index (χ3n) is 5.31. The van der Waals surface area contributed by atoms with Crippen molar-refractivity contribution < 1.29 is 9.72 Å². The minimum absolute atomic E-state index is 0.00853. The summed E-state index contributed by atoms with van der Waals surface area (Å²) in [5.41, 5.74) is 2.18. The van der Waals surface area contributed by atoms with Gasteiger partial charge in [-0.25, -0.2) is 14.6 Å². The molecule has 2 heterocycles. The van der Waals surface area contributed by atoms with Crippen LogP contribution < -0.4 is 5.32 Å². The van der Waals surface area contributed by atoms with Crippen molar-refractivity contribution in [3.8, 4) is 5.69 Å². The molecular formula is C25H17ClN6O3S. The third-order valence-corrected chi connectivity index (χ3v) is 6.90. The Kier molecular flexibility index (Phi) is 6.61. The molecule has 0 aliphatic rings. The van der Waals surface area contributed by atoms with E-state index in [1.807, 2.05) is 60.7 Å². The molecule has 0 bridgehead atoms. The van der Waals surface area contributed by atoms with Crippen LogP contribution in [0.3, 0.4) is 0 Å². The lowest BCUT2D eigenvalue weighted by Crippen LogP contribution is -2.19. The molecule has 0 radical (unpaired) electrons. The number of nitrogens with zero attached hydrogens (tertiary/aromatic N) is 5. The van der Waals surface area contributed by atoms with Crippen LogP contribution in [-0.4, -0.2) is 30.6 Å². The van der Waals surface area contributed by atoms with Gasteiger partial charge in [0, 0.05) is 11.8 Å². The van der Waals surface area contributed by atoms with Crippen molar-refractivity contribution in [2.45, 2.75) is 10.3 Å². The predicted octanol–water partition coefficient (Wildman–Crippen LogP) is 5.85. The van der Waals surface area contributed by atoms with Gasteiger partial charge >= 0.3 is 0 Å². The van der Waals surface area contributed by atoms with Gasteiger partial charge in [-0.2, -0.15) is 5.10 Å². The SMILES string of the molecule is O=C(Nc1ccc(Cl)c([N+](=O)[O-])c1)C(Sc1ncnc2c1cnn2-c1ccccc1)c1ccccc1. The van der Waals surface area contributed by atoms with Crippen molar-refractivity contribution in [1.29, 1.82) is 0 Å². The monoisotopic (exact) mass is 516 g/mol. The van der Waals surface area contributed by atoms with Gasteiger partial charge in [0.25, 0.3) is 5.69 Å². The lowest BCUT2D eigenvalue weighted by molar-refractivity contribution is -0.384. The number of nitrogens with one attached hydrogen (secondary N) is 1. The molecule has 36 heavy (non-hydrogen) atoms. The van der Waals surface area contributed by atoms with Crippen molar-refractivity contribution in [3.05, 3.63) is 112 Å². The first-order chi connectivity index (χ1) is 17.5. The van der Waals surface area contributed by atoms with Crippen LogP contribution >= 0.6 is 23.4 Å². The Hall–Kier alpha value is -4.28. The molecule has 0 spiro atoms. The lowest BCUT2D eigenvalue weighted by atomic mass is 10.1. The first-order valence-electron chi connectivity index (χ1n) is 10.7. The molecule has 0 aliphatic carbocycles. The number of carbonyl (C=O) groups is 1. The number of carbonyl (C=O) groups excluding carboxylic acids is 1. The Morgan fingerprint density at radius 2 is 1.75 bits per heavy atom. The average molecular weight is 517 g/mol. The van der Waals surface area contributed by atoms with Gasteiger partial charge in [-0.05, 0) is 29.8 Å². The number of halogens is 1. The van der Waals surface area contributed by atoms with E-state index in [0.717, 1.165) is 11.3 Å². The molecule has 3 aromatic carbocycles. The summed E-state index contributed by atoms with van der Waals surface area (Å²) in [5.74, 6) is -0.370. The summed E-state index contributed by atoms with van der Waals surface area (Å²) < 4.78 is 1.71. The van der Waals surface area contributed by atoms with Gasteiger partial charge in [0.15, 0.2) is 5.65 Å². The molecule has 9 nitrogen and oxygen atoms in total. The zero-order valence-electron chi connectivity index (χ0n) is 18.5. The van der Waals surface area contributed by atoms with Gasteiger partial charge in [-0.1, -0.05) is 71.9 Å². The zero-order valence-corrected chi connectivity index (χ0v) is 20.1. The van der Waals surface area contributed by atoms with Gasteiger partial charge in [0.1, 0.15) is 21.6 Å². The Morgan fingerprint density at radius 1 is 1.03 bits per heavy atom. The van der Waals surface area contributed by atoms with E-state index in [1.165, 1.54) is 36.3 Å². The number of para-hydroxylation sites is 1. The highest BCUT2D eigenvalue weighted by Crippen LogP contribution is 2.38. The van der Waals surface area contributed by atoms with Crippen LogP contribution in [-0.2, 0) is 4.79 Å². The lowest BCUT2D eigenvalue weighted by Gasteiger charge is -2.17. The fourth-order valence-electron chi connectivity index (χ4n) is 3.63. The second-order valence-corrected chi connectivity index (χ2v) is 9.13. The number of hydrogen-bond donors (Lipinski definition) is 1. The number of rotatable bonds is 7. The maximum atomic E-state index is 13.4. The molecule has 0 saturated heterocycles. The van der Waals surface area contributed by atoms with Crippen molar-refractivity contribution in [2.75, 3.05) is 5.32 Å². The molecule has 2 aromatic heterocycles. The molecule has 0 saturated carbocycles. The topological polar surface area (TPSA) is 116 Å². The number of fused-ring (bicyclic) bond motifs is 1. The van der Waals surface area contributed by atoms with E-state index in [0.29, 0.717) is 16.1 Å². The van der Waals surface area contributed by atoms with Gasteiger partial charge < -0.3 is 5.32 Å². The van der Waals surface area contributed by atoms with Crippen LogP contribution in [0.25, 0.3) is 16.7 Å². The largest absolute Gasteiger partial charge is 0.325 e. The van der Waals surface area contributed by atoms with Crippen LogP contribution in [0.4, 0.5) is 11.4 Å². The summed E-state index contributed by atoms with van der Waals surface area (Å²) in [6.45, 7) is 0. The molecule has 11 heteroatoms. The predicted molar refractivity (Wildman–Crippen MR) is 138 cm³/mol. The molecule has 5 aromatic rings. The van der Waals surface area contributed by atoms with Crippen LogP contribution in [0.2, 0.25) is 5.02 Å². The van der Waals surface area contributed by atoms with Gasteiger partial charge in [-0.3, -0.25) is 14.9 Å². The minimum atomic E-state index is -0.709. The molecular weight excluding hydrogens is 500 g/mol. The van der Waals surface area contributed by atoms with E-state index < -0.39 is 10.2 Å². The molecule has 1 atom stereocenters. The van der Waals surface area contributed by atoms with Crippen LogP contribution in [0, 0.1) is 10.1 Å². The number of benzene rings is 3. The van der Waals surface area contributed by atoms with Crippen molar-refractivity contribution in [1.82, 2.24) is 19.7 Å². The molecule has 0 fully saturated rings. The van der Waals surface area contributed by atoms with Crippen LogP contribution in [0.15, 0.2) is 96.4 Å². The van der Waals surface area contributed by atoms with Crippen molar-refractivity contribution in [3.63, 3.8) is 0 Å². The standard InChI is InChI=1S/C25H17ClN6O3S/c26-20-12-11-17(13-21(20)32(34)35)30-24(33)22(16-7-3-1-4-8-16)36-25-19-14-29-31(23(19)27-15-28-25)18-9-5-2-6-10-18/h1-15,22H,(H,30,33). The maximum absolute atomic E-state index is 13.4. The first kappa shape index (κ1) is 23.5. The average Bonchev–Trinajstić information content (AvgIpc) is 3.34. The molecule has 0 aliphatic heterocycles. The van der Waals surface area contributed by atoms with Crippen molar-refractivity contribution in [2.24, 2.45) is 0 Å². The number of nitro benzene ring substituents is 1. The number of amides is 1. The Bertz CT molecular complexity index is 1560. The van der Waals surface area contributed by atoms with Crippen LogP contribution in [0.5, 0.6) is 0 Å². The molecule has 178 valence electrons. The number of hydrogen-bond acceptors (Lipinski definition) is 7. The van der Waals surface area contributed by atoms with E-state index in [9.17, 15) is 14.9 Å². The van der Waals surface area contributed by atoms with E-state index >= 15 is 0 Å². The summed E-state index contributed by atoms with van der Waals surface area (Å²) in [6, 6.07) is 23.0. The maximum Gasteiger partial charge on any atom is 0.289 e. The van der Waals surface area contributed by atoms with E-state index in [1.54, 1.807) is 10.9 Å². The Balaban J connectivity index is 1.50. The zero-order chi connectivity index (χ0) is 25.1. The molecule has 1 amide bonds.